The Balaban J connectivity index is 2.12. The molecule has 0 N–H and O–H groups in total. The monoisotopic (exact) mass is 379 g/mol. The highest BCUT2D eigenvalue weighted by Gasteiger charge is 2.20. The predicted molar refractivity (Wildman–Crippen MR) is 91.5 cm³/mol. The fraction of sp³-hybridized carbons (Fsp3) is 0.176. The highest BCUT2D eigenvalue weighted by Crippen LogP contribution is 2.33. The molecule has 0 aliphatic heterocycles. The van der Waals surface area contributed by atoms with Crippen LogP contribution in [0.5, 0.6) is 11.5 Å². The second-order valence-corrected chi connectivity index (χ2v) is 5.50. The Morgan fingerprint density at radius 3 is 2.38 bits per heavy atom. The highest BCUT2D eigenvalue weighted by atomic mass is 35.5. The van der Waals surface area contributed by atoms with Crippen LogP contribution in [0.15, 0.2) is 42.5 Å². The maximum atomic E-state index is 12.0. The van der Waals surface area contributed by atoms with Crippen molar-refractivity contribution in [3.05, 3.63) is 63.2 Å². The number of methoxy groups -OCH3 is 1. The molecule has 0 heterocycles. The minimum Gasteiger partial charge on any atom is -0.466 e. The van der Waals surface area contributed by atoms with Gasteiger partial charge in [0.05, 0.1) is 17.6 Å². The van der Waals surface area contributed by atoms with E-state index in [1.54, 1.807) is 0 Å². The van der Waals surface area contributed by atoms with Crippen molar-refractivity contribution in [1.82, 2.24) is 0 Å². The van der Waals surface area contributed by atoms with E-state index < -0.39 is 23.0 Å². The number of nitro groups is 1. The van der Waals surface area contributed by atoms with Gasteiger partial charge in [0.15, 0.2) is 6.10 Å². The molecular formula is C17H14ClNO7. The molecular weight excluding hydrogens is 366 g/mol. The van der Waals surface area contributed by atoms with Crippen molar-refractivity contribution in [2.45, 2.75) is 13.0 Å². The van der Waals surface area contributed by atoms with Gasteiger partial charge in [-0.2, -0.15) is 0 Å². The van der Waals surface area contributed by atoms with E-state index in [0.717, 1.165) is 0 Å². The lowest BCUT2D eigenvalue weighted by Crippen LogP contribution is -2.25. The third kappa shape index (κ3) is 4.70. The van der Waals surface area contributed by atoms with Gasteiger partial charge in [0, 0.05) is 11.1 Å². The molecule has 0 aliphatic rings. The zero-order chi connectivity index (χ0) is 19.3. The summed E-state index contributed by atoms with van der Waals surface area (Å²) in [7, 11) is 1.19. The molecule has 0 saturated carbocycles. The Hall–Kier alpha value is -3.13. The molecule has 8 nitrogen and oxygen atoms in total. The summed E-state index contributed by atoms with van der Waals surface area (Å²) < 4.78 is 14.9. The zero-order valence-corrected chi connectivity index (χ0v) is 14.6. The van der Waals surface area contributed by atoms with Gasteiger partial charge in [-0.1, -0.05) is 11.6 Å². The van der Waals surface area contributed by atoms with Gasteiger partial charge in [-0.3, -0.25) is 10.1 Å². The number of nitro benzene ring substituents is 1. The number of rotatable bonds is 6. The topological polar surface area (TPSA) is 105 Å². The molecule has 1 unspecified atom stereocenters. The van der Waals surface area contributed by atoms with E-state index in [0.29, 0.717) is 0 Å². The van der Waals surface area contributed by atoms with Crippen LogP contribution in [0.25, 0.3) is 0 Å². The minimum atomic E-state index is -1.04. The van der Waals surface area contributed by atoms with Gasteiger partial charge in [0.2, 0.25) is 5.75 Å². The number of hydrogen-bond acceptors (Lipinski definition) is 7. The molecule has 1 atom stereocenters. The molecule has 0 fully saturated rings. The van der Waals surface area contributed by atoms with E-state index in [1.165, 1.54) is 56.5 Å². The van der Waals surface area contributed by atoms with Crippen LogP contribution < -0.4 is 4.74 Å². The molecule has 2 aromatic rings. The fourth-order valence-electron chi connectivity index (χ4n) is 1.95. The third-order valence-electron chi connectivity index (χ3n) is 3.25. The number of halogens is 1. The van der Waals surface area contributed by atoms with Crippen LogP contribution >= 0.6 is 11.6 Å². The molecule has 9 heteroatoms. The number of benzene rings is 2. The quantitative estimate of drug-likeness (QED) is 0.427. The summed E-state index contributed by atoms with van der Waals surface area (Å²) in [6.07, 6.45) is -1.04. The molecule has 0 aliphatic carbocycles. The standard InChI is InChI=1S/C17H14ClNO7/c1-10(16(20)24-2)25-17(21)11-3-6-13(7-4-11)26-15-8-5-12(18)9-14(15)19(22)23/h3-10H,1-2H3. The lowest BCUT2D eigenvalue weighted by Gasteiger charge is -2.11. The van der Waals surface area contributed by atoms with Crippen LogP contribution in [0.4, 0.5) is 5.69 Å². The molecule has 0 radical (unpaired) electrons. The Labute approximate surface area is 153 Å². The third-order valence-corrected chi connectivity index (χ3v) is 3.49. The van der Waals surface area contributed by atoms with E-state index in [-0.39, 0.29) is 27.8 Å². The summed E-state index contributed by atoms with van der Waals surface area (Å²) >= 11 is 5.75. The maximum absolute atomic E-state index is 12.0. The average Bonchev–Trinajstić information content (AvgIpc) is 2.62. The molecule has 0 spiro atoms. The first-order valence-corrected chi connectivity index (χ1v) is 7.70. The van der Waals surface area contributed by atoms with E-state index in [9.17, 15) is 19.7 Å². The van der Waals surface area contributed by atoms with Crippen LogP contribution in [0.1, 0.15) is 17.3 Å². The molecule has 2 rings (SSSR count). The molecule has 0 aromatic heterocycles. The van der Waals surface area contributed by atoms with E-state index in [4.69, 9.17) is 21.1 Å². The van der Waals surface area contributed by atoms with Gasteiger partial charge in [-0.05, 0) is 43.3 Å². The van der Waals surface area contributed by atoms with Gasteiger partial charge in [-0.25, -0.2) is 9.59 Å². The summed E-state index contributed by atoms with van der Waals surface area (Å²) in [6, 6.07) is 9.71. The predicted octanol–water partition coefficient (Wildman–Crippen LogP) is 3.76. The number of esters is 2. The Kier molecular flexibility index (Phi) is 6.13. The van der Waals surface area contributed by atoms with Crippen LogP contribution in [0, 0.1) is 10.1 Å². The lowest BCUT2D eigenvalue weighted by molar-refractivity contribution is -0.385. The number of hydrogen-bond donors (Lipinski definition) is 0. The van der Waals surface area contributed by atoms with Crippen molar-refractivity contribution in [2.75, 3.05) is 7.11 Å². The first-order chi connectivity index (χ1) is 12.3. The van der Waals surface area contributed by atoms with Crippen LogP contribution in [0.2, 0.25) is 5.02 Å². The first kappa shape index (κ1) is 19.2. The fourth-order valence-corrected chi connectivity index (χ4v) is 2.11. The van der Waals surface area contributed by atoms with Crippen LogP contribution in [0.3, 0.4) is 0 Å². The van der Waals surface area contributed by atoms with Crippen LogP contribution in [-0.2, 0) is 14.3 Å². The normalized spacial score (nSPS) is 11.3. The zero-order valence-electron chi connectivity index (χ0n) is 13.8. The van der Waals surface area contributed by atoms with Crippen molar-refractivity contribution >= 4 is 29.2 Å². The summed E-state index contributed by atoms with van der Waals surface area (Å²) in [5.74, 6) is -1.11. The largest absolute Gasteiger partial charge is 0.466 e. The summed E-state index contributed by atoms with van der Waals surface area (Å²) in [4.78, 5) is 33.7. The van der Waals surface area contributed by atoms with Crippen molar-refractivity contribution in [1.29, 1.82) is 0 Å². The molecule has 2 aromatic carbocycles. The number of ether oxygens (including phenoxy) is 3. The molecule has 136 valence electrons. The number of nitrogens with zero attached hydrogens (tertiary/aromatic N) is 1. The smallest absolute Gasteiger partial charge is 0.346 e. The summed E-state index contributed by atoms with van der Waals surface area (Å²) in [5, 5.41) is 11.3. The van der Waals surface area contributed by atoms with E-state index in [2.05, 4.69) is 4.74 Å². The van der Waals surface area contributed by atoms with E-state index >= 15 is 0 Å². The molecule has 0 amide bonds. The van der Waals surface area contributed by atoms with Gasteiger partial charge in [0.25, 0.3) is 0 Å². The van der Waals surface area contributed by atoms with Gasteiger partial charge in [-0.15, -0.1) is 0 Å². The van der Waals surface area contributed by atoms with Crippen molar-refractivity contribution in [3.8, 4) is 11.5 Å². The maximum Gasteiger partial charge on any atom is 0.346 e. The Bertz CT molecular complexity index is 836. The average molecular weight is 380 g/mol. The molecule has 0 bridgehead atoms. The Morgan fingerprint density at radius 2 is 1.81 bits per heavy atom. The SMILES string of the molecule is COC(=O)C(C)OC(=O)c1ccc(Oc2ccc(Cl)cc2[N+](=O)[O-])cc1. The minimum absolute atomic E-state index is 0.00837. The van der Waals surface area contributed by atoms with Crippen molar-refractivity contribution in [3.63, 3.8) is 0 Å². The van der Waals surface area contributed by atoms with Crippen LogP contribution in [-0.4, -0.2) is 30.1 Å². The second-order valence-electron chi connectivity index (χ2n) is 5.07. The lowest BCUT2D eigenvalue weighted by atomic mass is 10.2. The van der Waals surface area contributed by atoms with Crippen molar-refractivity contribution < 1.29 is 28.7 Å². The first-order valence-electron chi connectivity index (χ1n) is 7.32. The second kappa shape index (κ2) is 8.30. The summed E-state index contributed by atoms with van der Waals surface area (Å²) in [5.41, 5.74) is -0.105. The Morgan fingerprint density at radius 1 is 1.15 bits per heavy atom. The number of carbonyl (C=O) groups is 2. The summed E-state index contributed by atoms with van der Waals surface area (Å²) in [6.45, 7) is 1.39. The van der Waals surface area contributed by atoms with Gasteiger partial charge < -0.3 is 14.2 Å². The molecule has 0 saturated heterocycles. The van der Waals surface area contributed by atoms with E-state index in [1.807, 2.05) is 0 Å². The van der Waals surface area contributed by atoms with Gasteiger partial charge in [0.1, 0.15) is 5.75 Å². The highest BCUT2D eigenvalue weighted by molar-refractivity contribution is 6.30. The number of carbonyl (C=O) groups excluding carboxylic acids is 2. The van der Waals surface area contributed by atoms with Gasteiger partial charge >= 0.3 is 17.6 Å². The van der Waals surface area contributed by atoms with Crippen molar-refractivity contribution in [2.24, 2.45) is 0 Å². The molecule has 26 heavy (non-hydrogen) atoms.